The van der Waals surface area contributed by atoms with Crippen molar-refractivity contribution in [3.8, 4) is 22.8 Å². The zero-order valence-electron chi connectivity index (χ0n) is 23.1. The Kier molecular flexibility index (Phi) is 8.46. The minimum Gasteiger partial charge on any atom is -0.497 e. The van der Waals surface area contributed by atoms with Crippen molar-refractivity contribution < 1.29 is 19.0 Å². The lowest BCUT2D eigenvalue weighted by Gasteiger charge is -2.26. The molecule has 2 aromatic heterocycles. The van der Waals surface area contributed by atoms with Gasteiger partial charge < -0.3 is 24.4 Å². The molecular weight excluding hydrogens is 496 g/mol. The van der Waals surface area contributed by atoms with Gasteiger partial charge in [-0.05, 0) is 58.2 Å². The minimum absolute atomic E-state index is 0.387. The van der Waals surface area contributed by atoms with E-state index in [1.807, 2.05) is 49.5 Å². The molecule has 10 nitrogen and oxygen atoms in total. The molecule has 0 spiro atoms. The molecule has 39 heavy (non-hydrogen) atoms. The van der Waals surface area contributed by atoms with E-state index in [0.717, 1.165) is 34.5 Å². The molecule has 0 saturated carbocycles. The molecule has 0 bridgehead atoms. The molecule has 0 fully saturated rings. The van der Waals surface area contributed by atoms with E-state index in [4.69, 9.17) is 19.2 Å². The number of ether oxygens (including phenoxy) is 3. The second-order valence-electron chi connectivity index (χ2n) is 9.81. The Morgan fingerprint density at radius 2 is 1.64 bits per heavy atom. The highest BCUT2D eigenvalue weighted by atomic mass is 16.6. The number of pyridine rings is 1. The molecule has 0 radical (unpaired) electrons. The first-order valence-corrected chi connectivity index (χ1v) is 12.6. The van der Waals surface area contributed by atoms with Gasteiger partial charge in [0.25, 0.3) is 0 Å². The first kappa shape index (κ1) is 27.6. The number of methoxy groups -OCH3 is 2. The topological polar surface area (TPSA) is 111 Å². The monoisotopic (exact) mass is 530 g/mol. The number of hydrogen-bond donors (Lipinski definition) is 2. The molecular formula is C29H34N6O4. The summed E-state index contributed by atoms with van der Waals surface area (Å²) < 4.78 is 16.3. The molecule has 10 heteroatoms. The van der Waals surface area contributed by atoms with Crippen LogP contribution in [0.4, 0.5) is 22.0 Å². The third-order valence-corrected chi connectivity index (χ3v) is 5.76. The zero-order valence-corrected chi connectivity index (χ0v) is 23.1. The van der Waals surface area contributed by atoms with Crippen LogP contribution in [-0.4, -0.2) is 61.0 Å². The summed E-state index contributed by atoms with van der Waals surface area (Å²) in [6, 6.07) is 15.3. The molecule has 2 N–H and O–H groups in total. The van der Waals surface area contributed by atoms with Crippen LogP contribution in [0.15, 0.2) is 60.9 Å². The third kappa shape index (κ3) is 7.11. The van der Waals surface area contributed by atoms with Crippen LogP contribution in [0, 0.1) is 0 Å². The molecule has 0 atom stereocenters. The number of carbonyl (C=O) groups is 1. The number of nitrogens with zero attached hydrogens (tertiary/aromatic N) is 4. The number of carbonyl (C=O) groups excluding carboxylic acids is 1. The van der Waals surface area contributed by atoms with Gasteiger partial charge in [-0.25, -0.2) is 14.8 Å². The number of benzene rings is 2. The highest BCUT2D eigenvalue weighted by Gasteiger charge is 2.17. The molecule has 2 heterocycles. The normalized spacial score (nSPS) is 11.2. The van der Waals surface area contributed by atoms with Gasteiger partial charge in [0.15, 0.2) is 0 Å². The largest absolute Gasteiger partial charge is 0.497 e. The summed E-state index contributed by atoms with van der Waals surface area (Å²) in [5, 5.41) is 5.86. The van der Waals surface area contributed by atoms with E-state index >= 15 is 0 Å². The number of likely N-dealkylation sites (N-methyl/N-ethyl adjacent to an activating group) is 1. The number of fused-ring (bicyclic) bond motifs is 1. The Morgan fingerprint density at radius 1 is 0.897 bits per heavy atom. The van der Waals surface area contributed by atoms with Crippen molar-refractivity contribution in [2.45, 2.75) is 26.4 Å². The van der Waals surface area contributed by atoms with Crippen molar-refractivity contribution in [2.24, 2.45) is 0 Å². The zero-order chi connectivity index (χ0) is 28.0. The van der Waals surface area contributed by atoms with Crippen molar-refractivity contribution >= 4 is 34.3 Å². The van der Waals surface area contributed by atoms with Gasteiger partial charge in [-0.2, -0.15) is 0 Å². The average molecular weight is 531 g/mol. The summed E-state index contributed by atoms with van der Waals surface area (Å²) >= 11 is 0. The lowest BCUT2D eigenvalue weighted by molar-refractivity contribution is 0.0635. The van der Waals surface area contributed by atoms with E-state index in [2.05, 4.69) is 25.5 Å². The molecule has 1 amide bonds. The second kappa shape index (κ2) is 12.0. The number of rotatable bonds is 9. The van der Waals surface area contributed by atoms with Gasteiger partial charge >= 0.3 is 6.09 Å². The molecule has 4 rings (SSSR count). The highest BCUT2D eigenvalue weighted by molar-refractivity contribution is 5.85. The van der Waals surface area contributed by atoms with Gasteiger partial charge in [-0.3, -0.25) is 10.3 Å². The minimum atomic E-state index is -0.592. The lowest BCUT2D eigenvalue weighted by Crippen LogP contribution is -2.27. The van der Waals surface area contributed by atoms with Crippen LogP contribution < -0.4 is 25.0 Å². The van der Waals surface area contributed by atoms with E-state index in [1.165, 1.54) is 0 Å². The highest BCUT2D eigenvalue weighted by Crippen LogP contribution is 2.34. The number of hydrogen-bond acceptors (Lipinski definition) is 9. The van der Waals surface area contributed by atoms with Gasteiger partial charge in [-0.1, -0.05) is 0 Å². The summed E-state index contributed by atoms with van der Waals surface area (Å²) in [7, 11) is 5.20. The fourth-order valence-electron chi connectivity index (χ4n) is 3.91. The van der Waals surface area contributed by atoms with Gasteiger partial charge in [0.05, 0.1) is 37.1 Å². The van der Waals surface area contributed by atoms with E-state index in [0.29, 0.717) is 29.6 Å². The maximum Gasteiger partial charge on any atom is 0.413 e. The SMILES string of the molecule is CNCCN(c1cc(OC)cc(OC)c1)c1ccc2ncc(-c3ccc(NC(=O)OC(C)(C)C)nc3)nc2c1. The third-order valence-electron chi connectivity index (χ3n) is 5.76. The van der Waals surface area contributed by atoms with Crippen molar-refractivity contribution in [3.05, 3.63) is 60.9 Å². The molecule has 0 aliphatic carbocycles. The van der Waals surface area contributed by atoms with Crippen LogP contribution in [0.1, 0.15) is 20.8 Å². The molecule has 0 aliphatic rings. The number of amides is 1. The molecule has 2 aromatic carbocycles. The summed E-state index contributed by atoms with van der Waals surface area (Å²) in [5.74, 6) is 1.80. The average Bonchev–Trinajstić information content (AvgIpc) is 2.92. The maximum atomic E-state index is 12.0. The molecule has 4 aromatic rings. The summed E-state index contributed by atoms with van der Waals surface area (Å²) in [6.07, 6.45) is 2.80. The Bertz CT molecular complexity index is 1410. The summed E-state index contributed by atoms with van der Waals surface area (Å²) in [4.78, 5) is 28.0. The van der Waals surface area contributed by atoms with Crippen molar-refractivity contribution in [2.75, 3.05) is 44.6 Å². The number of aromatic nitrogens is 3. The second-order valence-corrected chi connectivity index (χ2v) is 9.81. The van der Waals surface area contributed by atoms with Crippen LogP contribution in [0.5, 0.6) is 11.5 Å². The van der Waals surface area contributed by atoms with Crippen LogP contribution in [0.3, 0.4) is 0 Å². The van der Waals surface area contributed by atoms with Gasteiger partial charge in [-0.15, -0.1) is 0 Å². The lowest BCUT2D eigenvalue weighted by atomic mass is 10.1. The first-order chi connectivity index (χ1) is 18.7. The van der Waals surface area contributed by atoms with E-state index in [9.17, 15) is 4.79 Å². The maximum absolute atomic E-state index is 12.0. The number of anilines is 3. The molecule has 204 valence electrons. The van der Waals surface area contributed by atoms with E-state index in [-0.39, 0.29) is 0 Å². The molecule has 0 aliphatic heterocycles. The Morgan fingerprint density at radius 3 is 2.26 bits per heavy atom. The molecule has 0 unspecified atom stereocenters. The van der Waals surface area contributed by atoms with Crippen molar-refractivity contribution in [1.29, 1.82) is 0 Å². The van der Waals surface area contributed by atoms with Gasteiger partial charge in [0, 0.05) is 54.4 Å². The fourth-order valence-corrected chi connectivity index (χ4v) is 3.91. The van der Waals surface area contributed by atoms with Crippen LogP contribution in [-0.2, 0) is 4.74 Å². The predicted octanol–water partition coefficient (Wildman–Crippen LogP) is 5.41. The quantitative estimate of drug-likeness (QED) is 0.293. The van der Waals surface area contributed by atoms with Crippen LogP contribution in [0.2, 0.25) is 0 Å². The smallest absolute Gasteiger partial charge is 0.413 e. The number of nitrogens with one attached hydrogen (secondary N) is 2. The molecule has 0 saturated heterocycles. The van der Waals surface area contributed by atoms with Gasteiger partial charge in [0.2, 0.25) is 0 Å². The van der Waals surface area contributed by atoms with Crippen LogP contribution >= 0.6 is 0 Å². The summed E-state index contributed by atoms with van der Waals surface area (Å²) in [6.45, 7) is 6.89. The van der Waals surface area contributed by atoms with Gasteiger partial charge in [0.1, 0.15) is 22.9 Å². The summed E-state index contributed by atoms with van der Waals surface area (Å²) in [5.41, 5.74) is 4.25. The van der Waals surface area contributed by atoms with Crippen molar-refractivity contribution in [3.63, 3.8) is 0 Å². The predicted molar refractivity (Wildman–Crippen MR) is 153 cm³/mol. The standard InChI is InChI=1S/C29H34N6O4/c1-29(2,3)39-28(36)34-27-10-7-19(17-32-27)26-18-31-24-9-8-20(15-25(24)33-26)35(12-11-30-4)21-13-22(37-5)16-23(14-21)38-6/h7-10,13-18,30H,11-12H2,1-6H3,(H,32,34,36). The first-order valence-electron chi connectivity index (χ1n) is 12.6. The Hall–Kier alpha value is -4.44. The Balaban J connectivity index is 1.63. The van der Waals surface area contributed by atoms with Crippen LogP contribution in [0.25, 0.3) is 22.3 Å². The fraction of sp³-hybridized carbons (Fsp3) is 0.310. The van der Waals surface area contributed by atoms with E-state index in [1.54, 1.807) is 53.5 Å². The Labute approximate surface area is 228 Å². The van der Waals surface area contributed by atoms with Crippen molar-refractivity contribution in [1.82, 2.24) is 20.3 Å². The van der Waals surface area contributed by atoms with E-state index < -0.39 is 11.7 Å².